The van der Waals surface area contributed by atoms with Crippen molar-refractivity contribution in [1.82, 2.24) is 25.2 Å². The molecule has 3 atom stereocenters. The predicted molar refractivity (Wildman–Crippen MR) is 137 cm³/mol. The molecular formula is C27H32N6O2. The van der Waals surface area contributed by atoms with Crippen molar-refractivity contribution in [3.05, 3.63) is 53.0 Å². The summed E-state index contributed by atoms with van der Waals surface area (Å²) < 4.78 is 0. The van der Waals surface area contributed by atoms with Crippen molar-refractivity contribution in [2.24, 2.45) is 5.92 Å². The van der Waals surface area contributed by atoms with Crippen LogP contribution in [0.3, 0.4) is 0 Å². The van der Waals surface area contributed by atoms with Crippen LogP contribution in [0.25, 0.3) is 22.0 Å². The number of amides is 1. The molecule has 0 spiro atoms. The number of aliphatic hydroxyl groups excluding tert-OH is 1. The molecule has 3 aromatic rings. The second-order valence-corrected chi connectivity index (χ2v) is 10.4. The fourth-order valence-electron chi connectivity index (χ4n) is 6.03. The maximum absolute atomic E-state index is 13.3. The van der Waals surface area contributed by atoms with E-state index in [2.05, 4.69) is 41.0 Å². The number of fused-ring (bicyclic) bond motifs is 2. The molecule has 3 unspecified atom stereocenters. The highest BCUT2D eigenvalue weighted by Crippen LogP contribution is 2.43. The van der Waals surface area contributed by atoms with E-state index < -0.39 is 6.23 Å². The number of piperazine rings is 1. The number of carbonyl (C=O) groups is 1. The van der Waals surface area contributed by atoms with Crippen LogP contribution in [0.15, 0.2) is 30.5 Å². The Balaban J connectivity index is 1.56. The normalized spacial score (nSPS) is 25.3. The lowest BCUT2D eigenvalue weighted by Crippen LogP contribution is -2.45. The molecule has 1 saturated heterocycles. The monoisotopic (exact) mass is 472 g/mol. The Hall–Kier alpha value is -3.23. The van der Waals surface area contributed by atoms with Crippen LogP contribution in [-0.4, -0.2) is 70.3 Å². The quantitative estimate of drug-likeness (QED) is 0.542. The first-order chi connectivity index (χ1) is 16.9. The van der Waals surface area contributed by atoms with Crippen LogP contribution in [-0.2, 0) is 11.2 Å². The minimum Gasteiger partial charge on any atom is -0.369 e. The largest absolute Gasteiger partial charge is 0.369 e. The van der Waals surface area contributed by atoms with Gasteiger partial charge >= 0.3 is 0 Å². The minimum atomic E-state index is -1.13. The van der Waals surface area contributed by atoms with Crippen molar-refractivity contribution in [2.75, 3.05) is 38.1 Å². The van der Waals surface area contributed by atoms with Gasteiger partial charge in [0.15, 0.2) is 6.23 Å². The van der Waals surface area contributed by atoms with Crippen LogP contribution in [0.1, 0.15) is 48.7 Å². The summed E-state index contributed by atoms with van der Waals surface area (Å²) in [6, 6.07) is 7.85. The second kappa shape index (κ2) is 8.46. The van der Waals surface area contributed by atoms with E-state index in [1.807, 2.05) is 30.5 Å². The zero-order valence-corrected chi connectivity index (χ0v) is 20.5. The van der Waals surface area contributed by atoms with Crippen molar-refractivity contribution >= 4 is 33.9 Å². The van der Waals surface area contributed by atoms with E-state index in [1.165, 1.54) is 11.3 Å². The highest BCUT2D eigenvalue weighted by molar-refractivity contribution is 6.31. The second-order valence-electron chi connectivity index (χ2n) is 10.4. The van der Waals surface area contributed by atoms with Gasteiger partial charge in [-0.05, 0) is 43.4 Å². The Bertz CT molecular complexity index is 1340. The minimum absolute atomic E-state index is 0.260. The molecular weight excluding hydrogens is 440 g/mol. The molecule has 6 rings (SSSR count). The van der Waals surface area contributed by atoms with Crippen molar-refractivity contribution < 1.29 is 9.90 Å². The fourth-order valence-corrected chi connectivity index (χ4v) is 6.03. The van der Waals surface area contributed by atoms with E-state index >= 15 is 0 Å². The fraction of sp³-hybridized carbons (Fsp3) is 0.444. The number of aromatic amines is 1. The highest BCUT2D eigenvalue weighted by atomic mass is 16.3. The van der Waals surface area contributed by atoms with Gasteiger partial charge in [0.1, 0.15) is 0 Å². The van der Waals surface area contributed by atoms with Gasteiger partial charge < -0.3 is 25.2 Å². The number of H-pyrrole nitrogens is 1. The first kappa shape index (κ1) is 22.2. The molecule has 0 radical (unpaired) electrons. The van der Waals surface area contributed by atoms with Crippen molar-refractivity contribution in [3.63, 3.8) is 0 Å². The summed E-state index contributed by atoms with van der Waals surface area (Å²) in [4.78, 5) is 31.0. The standard InChI is InChI=1S/C27H32N6O2/c1-15-12-16(2)21-18(14-28-20(21)13-15)22-23(26(35)31-25(22)34)24-17-6-4-5-7-19(17)29-27(30-24)33-10-8-32(3)9-11-33/h4-7,14-16,26,28,35H,8-13H2,1-3H3,(H,31,34). The smallest absolute Gasteiger partial charge is 0.254 e. The molecule has 3 aliphatic rings. The molecule has 4 heterocycles. The lowest BCUT2D eigenvalue weighted by atomic mass is 9.79. The van der Waals surface area contributed by atoms with Gasteiger partial charge in [-0.2, -0.15) is 0 Å². The maximum Gasteiger partial charge on any atom is 0.254 e. The van der Waals surface area contributed by atoms with E-state index in [4.69, 9.17) is 9.97 Å². The number of likely N-dealkylation sites (N-methyl/N-ethyl adjacent to an activating group) is 1. The summed E-state index contributed by atoms with van der Waals surface area (Å²) in [5, 5.41) is 14.7. The first-order valence-corrected chi connectivity index (χ1v) is 12.5. The number of anilines is 1. The van der Waals surface area contributed by atoms with E-state index in [0.717, 1.165) is 55.5 Å². The summed E-state index contributed by atoms with van der Waals surface area (Å²) in [5.41, 5.74) is 5.75. The third kappa shape index (κ3) is 3.72. The third-order valence-electron chi connectivity index (χ3n) is 7.75. The van der Waals surface area contributed by atoms with E-state index in [9.17, 15) is 9.90 Å². The van der Waals surface area contributed by atoms with Gasteiger partial charge in [0.2, 0.25) is 5.95 Å². The Morgan fingerprint density at radius 3 is 2.66 bits per heavy atom. The molecule has 35 heavy (non-hydrogen) atoms. The number of rotatable bonds is 3. The van der Waals surface area contributed by atoms with Crippen LogP contribution >= 0.6 is 0 Å². The maximum atomic E-state index is 13.3. The van der Waals surface area contributed by atoms with Crippen molar-refractivity contribution in [1.29, 1.82) is 0 Å². The molecule has 0 saturated carbocycles. The van der Waals surface area contributed by atoms with Gasteiger partial charge in [-0.15, -0.1) is 0 Å². The van der Waals surface area contributed by atoms with Gasteiger partial charge in [-0.25, -0.2) is 9.97 Å². The summed E-state index contributed by atoms with van der Waals surface area (Å²) in [5.74, 6) is 1.31. The highest BCUT2D eigenvalue weighted by Gasteiger charge is 2.38. The van der Waals surface area contributed by atoms with Gasteiger partial charge in [0.05, 0.1) is 16.8 Å². The molecule has 8 heteroatoms. The van der Waals surface area contributed by atoms with Crippen LogP contribution in [0.5, 0.6) is 0 Å². The molecule has 2 aliphatic heterocycles. The number of hydrogen-bond donors (Lipinski definition) is 3. The van der Waals surface area contributed by atoms with Crippen LogP contribution in [0.4, 0.5) is 5.95 Å². The SMILES string of the molecule is CC1Cc2[nH]cc(C3=C(c4nc(N5CCN(C)CC5)nc5ccccc45)C(O)NC3=O)c2C(C)C1. The van der Waals surface area contributed by atoms with E-state index in [1.54, 1.807) is 0 Å². The van der Waals surface area contributed by atoms with Crippen molar-refractivity contribution in [3.8, 4) is 0 Å². The third-order valence-corrected chi connectivity index (χ3v) is 7.75. The number of hydrogen-bond acceptors (Lipinski definition) is 6. The molecule has 0 bridgehead atoms. The van der Waals surface area contributed by atoms with Crippen molar-refractivity contribution in [2.45, 2.75) is 38.8 Å². The Morgan fingerprint density at radius 2 is 1.86 bits per heavy atom. The van der Waals surface area contributed by atoms with Gasteiger partial charge in [-0.3, -0.25) is 4.79 Å². The summed E-state index contributed by atoms with van der Waals surface area (Å²) in [6.07, 6.45) is 2.86. The number of benzene rings is 1. The van der Waals surface area contributed by atoms with Gasteiger partial charge in [0.25, 0.3) is 5.91 Å². The topological polar surface area (TPSA) is 97.4 Å². The number of nitrogens with zero attached hydrogens (tertiary/aromatic N) is 4. The van der Waals surface area contributed by atoms with Crippen LogP contribution < -0.4 is 10.2 Å². The first-order valence-electron chi connectivity index (χ1n) is 12.5. The predicted octanol–water partition coefficient (Wildman–Crippen LogP) is 2.75. The zero-order valence-electron chi connectivity index (χ0n) is 20.5. The molecule has 1 aromatic carbocycles. The number of para-hydroxylation sites is 1. The molecule has 182 valence electrons. The average Bonchev–Trinajstić information content (AvgIpc) is 3.38. The van der Waals surface area contributed by atoms with Gasteiger partial charge in [-0.1, -0.05) is 32.0 Å². The number of carbonyl (C=O) groups excluding carboxylic acids is 1. The lowest BCUT2D eigenvalue weighted by molar-refractivity contribution is -0.116. The molecule has 1 amide bonds. The lowest BCUT2D eigenvalue weighted by Gasteiger charge is -2.32. The molecule has 8 nitrogen and oxygen atoms in total. The summed E-state index contributed by atoms with van der Waals surface area (Å²) >= 11 is 0. The van der Waals surface area contributed by atoms with E-state index in [-0.39, 0.29) is 5.91 Å². The molecule has 2 aromatic heterocycles. The Kier molecular flexibility index (Phi) is 5.38. The Labute approximate surface area is 205 Å². The zero-order chi connectivity index (χ0) is 24.3. The summed E-state index contributed by atoms with van der Waals surface area (Å²) in [7, 11) is 2.12. The number of aromatic nitrogens is 3. The molecule has 3 N–H and O–H groups in total. The van der Waals surface area contributed by atoms with Gasteiger partial charge in [0, 0.05) is 54.6 Å². The van der Waals surface area contributed by atoms with Crippen LogP contribution in [0.2, 0.25) is 0 Å². The molecule has 1 aliphatic carbocycles. The molecule has 1 fully saturated rings. The average molecular weight is 473 g/mol. The number of nitrogens with one attached hydrogen (secondary N) is 2. The van der Waals surface area contributed by atoms with Crippen LogP contribution in [0, 0.1) is 5.92 Å². The van der Waals surface area contributed by atoms with E-state index in [0.29, 0.717) is 34.6 Å². The number of aliphatic hydroxyl groups is 1. The Morgan fingerprint density at radius 1 is 1.09 bits per heavy atom. The summed E-state index contributed by atoms with van der Waals surface area (Å²) in [6.45, 7) is 8.04.